The summed E-state index contributed by atoms with van der Waals surface area (Å²) in [5.41, 5.74) is 1.92. The molecule has 76 valence electrons. The van der Waals surface area contributed by atoms with Gasteiger partial charge in [0, 0.05) is 12.3 Å². The Morgan fingerprint density at radius 2 is 1.93 bits per heavy atom. The molecule has 0 heterocycles. The number of alkyl halides is 1. The van der Waals surface area contributed by atoms with Crippen molar-refractivity contribution in [3.8, 4) is 5.75 Å². The maximum atomic E-state index is 11.6. The highest BCUT2D eigenvalue weighted by Gasteiger charge is 2.14. The fraction of sp³-hybridized carbons (Fsp3) is 0.364. The van der Waals surface area contributed by atoms with E-state index >= 15 is 0 Å². The van der Waals surface area contributed by atoms with Gasteiger partial charge in [0.15, 0.2) is 5.78 Å². The lowest BCUT2D eigenvalue weighted by molar-refractivity contribution is 0.0986. The Morgan fingerprint density at radius 1 is 1.36 bits per heavy atom. The van der Waals surface area contributed by atoms with Crippen molar-refractivity contribution in [2.24, 2.45) is 0 Å². The molecule has 0 fully saturated rings. The SMILES string of the molecule is Cc1ccc(C)c(C(=O)CCCl)c1O. The summed E-state index contributed by atoms with van der Waals surface area (Å²) in [5.74, 6) is 0.268. The van der Waals surface area contributed by atoms with Gasteiger partial charge in [0.05, 0.1) is 5.56 Å². The summed E-state index contributed by atoms with van der Waals surface area (Å²) in [4.78, 5) is 11.6. The average Bonchev–Trinajstić information content (AvgIpc) is 2.13. The lowest BCUT2D eigenvalue weighted by Crippen LogP contribution is -2.03. The van der Waals surface area contributed by atoms with Gasteiger partial charge < -0.3 is 5.11 Å². The van der Waals surface area contributed by atoms with Gasteiger partial charge in [-0.25, -0.2) is 0 Å². The maximum Gasteiger partial charge on any atom is 0.168 e. The van der Waals surface area contributed by atoms with E-state index in [2.05, 4.69) is 0 Å². The van der Waals surface area contributed by atoms with Gasteiger partial charge in [-0.05, 0) is 25.0 Å². The second-order valence-corrected chi connectivity index (χ2v) is 3.66. The van der Waals surface area contributed by atoms with Gasteiger partial charge in [0.25, 0.3) is 0 Å². The van der Waals surface area contributed by atoms with Gasteiger partial charge in [-0.1, -0.05) is 12.1 Å². The normalized spacial score (nSPS) is 10.2. The van der Waals surface area contributed by atoms with E-state index in [1.165, 1.54) is 0 Å². The van der Waals surface area contributed by atoms with E-state index in [-0.39, 0.29) is 23.8 Å². The van der Waals surface area contributed by atoms with Gasteiger partial charge in [-0.15, -0.1) is 11.6 Å². The first-order valence-electron chi connectivity index (χ1n) is 4.46. The molecule has 0 saturated carbocycles. The van der Waals surface area contributed by atoms with Gasteiger partial charge in [-0.2, -0.15) is 0 Å². The van der Waals surface area contributed by atoms with Crippen LogP contribution in [0.1, 0.15) is 27.9 Å². The van der Waals surface area contributed by atoms with Crippen molar-refractivity contribution in [1.29, 1.82) is 0 Å². The summed E-state index contributed by atoms with van der Waals surface area (Å²) in [6.07, 6.45) is 0.263. The number of hydrogen-bond acceptors (Lipinski definition) is 2. The Labute approximate surface area is 88.5 Å². The zero-order chi connectivity index (χ0) is 10.7. The second-order valence-electron chi connectivity index (χ2n) is 3.29. The Hall–Kier alpha value is -1.02. The Morgan fingerprint density at radius 3 is 2.50 bits per heavy atom. The van der Waals surface area contributed by atoms with Crippen molar-refractivity contribution in [1.82, 2.24) is 0 Å². The van der Waals surface area contributed by atoms with Crippen LogP contribution in [0.3, 0.4) is 0 Å². The number of aryl methyl sites for hydroxylation is 2. The smallest absolute Gasteiger partial charge is 0.168 e. The number of carbonyl (C=O) groups is 1. The summed E-state index contributed by atoms with van der Waals surface area (Å²) in [6, 6.07) is 3.62. The first-order chi connectivity index (χ1) is 6.57. The highest BCUT2D eigenvalue weighted by atomic mass is 35.5. The standard InChI is InChI=1S/C11H13ClO2/c1-7-3-4-8(2)11(14)10(7)9(13)5-6-12/h3-4,14H,5-6H2,1-2H3. The fourth-order valence-electron chi connectivity index (χ4n) is 1.36. The molecular formula is C11H13ClO2. The molecule has 1 N–H and O–H groups in total. The second kappa shape index (κ2) is 4.47. The number of phenols is 1. The summed E-state index contributed by atoms with van der Waals surface area (Å²) >= 11 is 5.49. The van der Waals surface area contributed by atoms with Crippen molar-refractivity contribution in [3.63, 3.8) is 0 Å². The van der Waals surface area contributed by atoms with Crippen LogP contribution in [0.15, 0.2) is 12.1 Å². The van der Waals surface area contributed by atoms with Crippen molar-refractivity contribution in [2.45, 2.75) is 20.3 Å². The Bertz CT molecular complexity index is 359. The van der Waals surface area contributed by atoms with Crippen LogP contribution >= 0.6 is 11.6 Å². The van der Waals surface area contributed by atoms with Gasteiger partial charge in [0.1, 0.15) is 5.75 Å². The minimum atomic E-state index is -0.0984. The van der Waals surface area contributed by atoms with E-state index in [0.29, 0.717) is 11.1 Å². The first kappa shape index (κ1) is 11.1. The number of ketones is 1. The topological polar surface area (TPSA) is 37.3 Å². The minimum absolute atomic E-state index is 0.0834. The number of halogens is 1. The quantitative estimate of drug-likeness (QED) is 0.618. The molecule has 2 nitrogen and oxygen atoms in total. The molecule has 0 aliphatic carbocycles. The number of aromatic hydroxyl groups is 1. The summed E-state index contributed by atoms with van der Waals surface area (Å²) in [6.45, 7) is 3.58. The Kier molecular flexibility index (Phi) is 3.53. The predicted molar refractivity (Wildman–Crippen MR) is 57.2 cm³/mol. The predicted octanol–water partition coefficient (Wildman–Crippen LogP) is 2.82. The van der Waals surface area contributed by atoms with Crippen LogP contribution < -0.4 is 0 Å². The van der Waals surface area contributed by atoms with Gasteiger partial charge in [0.2, 0.25) is 0 Å². The van der Waals surface area contributed by atoms with E-state index in [4.69, 9.17) is 11.6 Å². The molecule has 0 aromatic heterocycles. The number of hydrogen-bond donors (Lipinski definition) is 1. The van der Waals surface area contributed by atoms with Crippen LogP contribution in [0.2, 0.25) is 0 Å². The minimum Gasteiger partial charge on any atom is -0.507 e. The molecule has 0 aliphatic heterocycles. The molecule has 0 amide bonds. The third-order valence-electron chi connectivity index (χ3n) is 2.19. The van der Waals surface area contributed by atoms with E-state index in [1.807, 2.05) is 6.07 Å². The fourth-order valence-corrected chi connectivity index (χ4v) is 1.53. The number of benzene rings is 1. The van der Waals surface area contributed by atoms with Crippen LogP contribution in [-0.4, -0.2) is 16.8 Å². The summed E-state index contributed by atoms with van der Waals surface area (Å²) in [7, 11) is 0. The van der Waals surface area contributed by atoms with E-state index in [1.54, 1.807) is 19.9 Å². The number of carbonyl (C=O) groups excluding carboxylic acids is 1. The molecule has 0 atom stereocenters. The average molecular weight is 213 g/mol. The highest BCUT2D eigenvalue weighted by molar-refractivity contribution is 6.19. The first-order valence-corrected chi connectivity index (χ1v) is 4.99. The number of phenolic OH excluding ortho intramolecular Hbond substituents is 1. The van der Waals surface area contributed by atoms with Crippen LogP contribution in [-0.2, 0) is 0 Å². The summed E-state index contributed by atoms with van der Waals surface area (Å²) in [5, 5.41) is 9.71. The van der Waals surface area contributed by atoms with E-state index in [0.717, 1.165) is 5.56 Å². The molecule has 0 saturated heterocycles. The van der Waals surface area contributed by atoms with Crippen LogP contribution in [0.4, 0.5) is 0 Å². The molecule has 1 aromatic carbocycles. The van der Waals surface area contributed by atoms with Crippen LogP contribution in [0.25, 0.3) is 0 Å². The molecule has 0 aliphatic rings. The molecule has 1 rings (SSSR count). The number of Topliss-reactive ketones (excluding diaryl/α,β-unsaturated/α-hetero) is 1. The molecule has 0 spiro atoms. The molecule has 0 bridgehead atoms. The van der Waals surface area contributed by atoms with E-state index < -0.39 is 0 Å². The monoisotopic (exact) mass is 212 g/mol. The third-order valence-corrected chi connectivity index (χ3v) is 2.38. The molecule has 1 aromatic rings. The summed E-state index contributed by atoms with van der Waals surface area (Å²) < 4.78 is 0. The Balaban J connectivity index is 3.18. The molecule has 3 heteroatoms. The van der Waals surface area contributed by atoms with Crippen LogP contribution in [0.5, 0.6) is 5.75 Å². The highest BCUT2D eigenvalue weighted by Crippen LogP contribution is 2.26. The van der Waals surface area contributed by atoms with Crippen molar-refractivity contribution >= 4 is 17.4 Å². The number of rotatable bonds is 3. The van der Waals surface area contributed by atoms with Crippen molar-refractivity contribution < 1.29 is 9.90 Å². The van der Waals surface area contributed by atoms with Gasteiger partial charge >= 0.3 is 0 Å². The lowest BCUT2D eigenvalue weighted by Gasteiger charge is -2.08. The largest absolute Gasteiger partial charge is 0.507 e. The van der Waals surface area contributed by atoms with E-state index in [9.17, 15) is 9.90 Å². The molecule has 0 radical (unpaired) electrons. The lowest BCUT2D eigenvalue weighted by atomic mass is 9.99. The maximum absolute atomic E-state index is 11.6. The third kappa shape index (κ3) is 2.07. The van der Waals surface area contributed by atoms with Crippen molar-refractivity contribution in [2.75, 3.05) is 5.88 Å². The molecule has 0 unspecified atom stereocenters. The van der Waals surface area contributed by atoms with Crippen LogP contribution in [0, 0.1) is 13.8 Å². The van der Waals surface area contributed by atoms with Crippen molar-refractivity contribution in [3.05, 3.63) is 28.8 Å². The molecular weight excluding hydrogens is 200 g/mol. The molecule has 14 heavy (non-hydrogen) atoms. The van der Waals surface area contributed by atoms with Gasteiger partial charge in [-0.3, -0.25) is 4.79 Å². The zero-order valence-corrected chi connectivity index (χ0v) is 9.06. The zero-order valence-electron chi connectivity index (χ0n) is 8.30.